The predicted molar refractivity (Wildman–Crippen MR) is 74.0 cm³/mol. The average molecular weight is 350 g/mol. The summed E-state index contributed by atoms with van der Waals surface area (Å²) in [5.74, 6) is 0. The fourth-order valence-corrected chi connectivity index (χ4v) is 4.12. The van der Waals surface area contributed by atoms with Crippen molar-refractivity contribution in [3.8, 4) is 10.4 Å². The maximum atomic E-state index is 8.49. The average Bonchev–Trinajstić information content (AvgIpc) is 2.89. The van der Waals surface area contributed by atoms with Gasteiger partial charge in [-0.2, -0.15) is 0 Å². The van der Waals surface area contributed by atoms with E-state index < -0.39 is 10.2 Å². The third-order valence-corrected chi connectivity index (χ3v) is 5.05. The van der Waals surface area contributed by atoms with E-state index in [-0.39, 0.29) is 0 Å². The zero-order valence-electron chi connectivity index (χ0n) is 11.7. The molecule has 0 atom stereocenters. The van der Waals surface area contributed by atoms with Crippen molar-refractivity contribution < 1.29 is 28.9 Å². The highest BCUT2D eigenvalue weighted by atomic mass is 35.7. The van der Waals surface area contributed by atoms with Crippen molar-refractivity contribution in [3.05, 3.63) is 39.7 Å². The van der Waals surface area contributed by atoms with Gasteiger partial charge < -0.3 is 0 Å². The van der Waals surface area contributed by atoms with Gasteiger partial charge in [0.05, 0.1) is 4.88 Å². The second kappa shape index (κ2) is 8.60. The van der Waals surface area contributed by atoms with Gasteiger partial charge in [0, 0.05) is 5.38 Å². The molecule has 0 bridgehead atoms. The largest absolute Gasteiger partial charge is 0.314 e. The van der Waals surface area contributed by atoms with Crippen LogP contribution in [0.2, 0.25) is 0 Å². The summed E-state index contributed by atoms with van der Waals surface area (Å²) in [5.41, 5.74) is 1.32. The Kier molecular flexibility index (Phi) is 7.47. The lowest BCUT2D eigenvalue weighted by Gasteiger charge is -2.17. The number of hydrogen-bond acceptors (Lipinski definition) is 6. The van der Waals surface area contributed by atoms with Crippen LogP contribution in [-0.2, 0) is 0 Å². The third kappa shape index (κ3) is 7.14. The van der Waals surface area contributed by atoms with E-state index in [1.807, 2.05) is 22.7 Å². The van der Waals surface area contributed by atoms with Gasteiger partial charge >= 0.3 is 3.98 Å². The molecule has 0 aliphatic carbocycles. The van der Waals surface area contributed by atoms with E-state index in [0.29, 0.717) is 0 Å². The molecule has 1 aromatic carbocycles. The van der Waals surface area contributed by atoms with Gasteiger partial charge in [-0.1, -0.05) is 53.0 Å². The van der Waals surface area contributed by atoms with Crippen molar-refractivity contribution in [2.45, 2.75) is 13.8 Å². The van der Waals surface area contributed by atoms with Crippen LogP contribution < -0.4 is 27.2 Å². The minimum Gasteiger partial charge on any atom is -0.222 e. The molecule has 0 saturated heterocycles. The first kappa shape index (κ1) is 18.2. The van der Waals surface area contributed by atoms with Gasteiger partial charge in [-0.05, 0) is 19.4 Å². The van der Waals surface area contributed by atoms with Crippen molar-refractivity contribution in [2.75, 3.05) is 13.1 Å². The van der Waals surface area contributed by atoms with Crippen LogP contribution in [0.15, 0.2) is 35.7 Å². The lowest BCUT2D eigenvalue weighted by molar-refractivity contribution is -2.00. The van der Waals surface area contributed by atoms with Crippen molar-refractivity contribution >= 4 is 22.7 Å². The molecule has 0 fully saturated rings. The van der Waals surface area contributed by atoms with Crippen molar-refractivity contribution in [2.24, 2.45) is 0 Å². The highest BCUT2D eigenvalue weighted by molar-refractivity contribution is 7.28. The number of benzene rings is 1. The number of halogens is 1. The summed E-state index contributed by atoms with van der Waals surface area (Å²) in [4.78, 5) is 1.37. The van der Waals surface area contributed by atoms with Crippen LogP contribution >= 0.6 is 22.7 Å². The lowest BCUT2D eigenvalue weighted by Crippen LogP contribution is -2.68. The summed E-state index contributed by atoms with van der Waals surface area (Å²) >= 11 is 3.73. The van der Waals surface area contributed by atoms with Crippen LogP contribution in [-0.4, -0.2) is 13.1 Å². The standard InChI is InChI=1S/C13H16NS2.ClHO4/c1-3-14(4-2)13-15-10-12(16-13)11-8-6-5-7-9-11;2-1(3,4)5/h5-10H,3-4H2,1-2H3;(H,2,3,4,5)/q+1;/p-1. The molecule has 0 amide bonds. The van der Waals surface area contributed by atoms with E-state index in [4.69, 9.17) is 18.6 Å². The molecule has 0 aliphatic heterocycles. The molecule has 8 heteroatoms. The highest BCUT2D eigenvalue weighted by Gasteiger charge is 2.06. The Morgan fingerprint density at radius 3 is 2.00 bits per heavy atom. The van der Waals surface area contributed by atoms with Gasteiger partial charge in [0.1, 0.15) is 13.1 Å². The summed E-state index contributed by atoms with van der Waals surface area (Å²) in [6.07, 6.45) is 0. The van der Waals surface area contributed by atoms with E-state index in [1.54, 1.807) is 0 Å². The van der Waals surface area contributed by atoms with E-state index in [2.05, 4.69) is 54.1 Å². The molecule has 0 unspecified atom stereocenters. The molecule has 0 spiro atoms. The first-order chi connectivity index (χ1) is 9.85. The topological polar surface area (TPSA) is 95.2 Å². The fraction of sp³-hybridized carbons (Fsp3) is 0.308. The normalized spacial score (nSPS) is 10.8. The Labute approximate surface area is 133 Å². The number of nitrogens with zero attached hydrogens (tertiary/aromatic N) is 1. The van der Waals surface area contributed by atoms with E-state index in [0.717, 1.165) is 13.1 Å². The Hall–Kier alpha value is -0.800. The maximum Gasteiger partial charge on any atom is 0.314 e. The molecule has 5 nitrogen and oxygen atoms in total. The molecule has 0 aliphatic rings. The van der Waals surface area contributed by atoms with E-state index >= 15 is 0 Å². The minimum atomic E-state index is -4.94. The van der Waals surface area contributed by atoms with Gasteiger partial charge in [0.2, 0.25) is 0 Å². The van der Waals surface area contributed by atoms with Gasteiger partial charge in [0.25, 0.3) is 0 Å². The minimum absolute atomic E-state index is 1.09. The van der Waals surface area contributed by atoms with Gasteiger partial charge in [-0.15, -0.1) is 10.2 Å². The molecular formula is C13H16ClNO4S2. The molecule has 1 heterocycles. The van der Waals surface area contributed by atoms with Gasteiger partial charge in [0.15, 0.2) is 0 Å². The van der Waals surface area contributed by atoms with Crippen LogP contribution in [0, 0.1) is 10.2 Å². The first-order valence-electron chi connectivity index (χ1n) is 6.18. The summed E-state index contributed by atoms with van der Waals surface area (Å²) < 4.78 is 37.8. The Morgan fingerprint density at radius 1 is 1.00 bits per heavy atom. The van der Waals surface area contributed by atoms with E-state index in [9.17, 15) is 0 Å². The van der Waals surface area contributed by atoms with Crippen LogP contribution in [0.1, 0.15) is 13.8 Å². The van der Waals surface area contributed by atoms with Crippen LogP contribution in [0.5, 0.6) is 0 Å². The smallest absolute Gasteiger partial charge is 0.222 e. The number of hydrogen-bond donors (Lipinski definition) is 0. The zero-order chi connectivity index (χ0) is 15.9. The molecule has 0 N–H and O–H groups in total. The van der Waals surface area contributed by atoms with Crippen LogP contribution in [0.25, 0.3) is 10.4 Å². The molecule has 21 heavy (non-hydrogen) atoms. The second-order valence-corrected chi connectivity index (χ2v) is 6.79. The van der Waals surface area contributed by atoms with Crippen molar-refractivity contribution in [1.29, 1.82) is 0 Å². The quantitative estimate of drug-likeness (QED) is 0.632. The molecule has 0 radical (unpaired) electrons. The summed E-state index contributed by atoms with van der Waals surface area (Å²) in [7, 11) is -4.94. The van der Waals surface area contributed by atoms with Crippen LogP contribution in [0.4, 0.5) is 0 Å². The molecule has 1 aromatic heterocycles. The Morgan fingerprint density at radius 2 is 1.52 bits per heavy atom. The lowest BCUT2D eigenvalue weighted by atomic mass is 10.2. The summed E-state index contributed by atoms with van der Waals surface area (Å²) in [6.45, 7) is 6.58. The third-order valence-electron chi connectivity index (χ3n) is 2.54. The number of rotatable bonds is 3. The molecule has 0 saturated carbocycles. The van der Waals surface area contributed by atoms with Crippen molar-refractivity contribution in [1.82, 2.24) is 4.58 Å². The summed E-state index contributed by atoms with van der Waals surface area (Å²) in [5, 5.41) is 2.26. The second-order valence-electron chi connectivity index (χ2n) is 3.88. The summed E-state index contributed by atoms with van der Waals surface area (Å²) in [6, 6.07) is 10.6. The first-order valence-corrected chi connectivity index (χ1v) is 9.12. The molecular weight excluding hydrogens is 334 g/mol. The maximum absolute atomic E-state index is 8.49. The van der Waals surface area contributed by atoms with Gasteiger partial charge in [-0.25, -0.2) is 23.2 Å². The van der Waals surface area contributed by atoms with Crippen LogP contribution in [0.3, 0.4) is 0 Å². The Bertz CT molecular complexity index is 592. The molecule has 116 valence electrons. The SMILES string of the molecule is CC[N+](CC)=c1scc(-c2ccccc2)s1.[O-][Cl+3]([O-])([O-])[O-]. The zero-order valence-corrected chi connectivity index (χ0v) is 14.0. The van der Waals surface area contributed by atoms with Crippen molar-refractivity contribution in [3.63, 3.8) is 0 Å². The van der Waals surface area contributed by atoms with E-state index in [1.165, 1.54) is 14.4 Å². The molecule has 2 rings (SSSR count). The fourth-order valence-electron chi connectivity index (χ4n) is 1.60. The Balaban J connectivity index is 0.000000383. The van der Waals surface area contributed by atoms with Gasteiger partial charge in [-0.3, -0.25) is 0 Å². The highest BCUT2D eigenvalue weighted by Crippen LogP contribution is 2.22. The molecule has 2 aromatic rings. The monoisotopic (exact) mass is 349 g/mol. The predicted octanol–water partition coefficient (Wildman–Crippen LogP) is -1.47.